The van der Waals surface area contributed by atoms with Gasteiger partial charge in [0.25, 0.3) is 0 Å². The van der Waals surface area contributed by atoms with Crippen molar-refractivity contribution >= 4 is 28.8 Å². The number of fused-ring (bicyclic) bond motifs is 1. The maximum Gasteiger partial charge on any atom is 0.227 e. The van der Waals surface area contributed by atoms with Gasteiger partial charge in [-0.15, -0.1) is 11.3 Å². The van der Waals surface area contributed by atoms with Gasteiger partial charge >= 0.3 is 0 Å². The molecule has 1 aliphatic carbocycles. The Labute approximate surface area is 157 Å². The molecule has 2 aromatic heterocycles. The molecule has 1 N–H and O–H groups in total. The fourth-order valence-corrected chi connectivity index (χ4v) is 4.34. The van der Waals surface area contributed by atoms with E-state index in [9.17, 15) is 4.79 Å². The van der Waals surface area contributed by atoms with Gasteiger partial charge in [-0.2, -0.15) is 0 Å². The second-order valence-electron chi connectivity index (χ2n) is 6.67. The van der Waals surface area contributed by atoms with Gasteiger partial charge < -0.3 is 5.32 Å². The lowest BCUT2D eigenvalue weighted by Crippen LogP contribution is -2.22. The Kier molecular flexibility index (Phi) is 4.55. The van der Waals surface area contributed by atoms with Crippen molar-refractivity contribution in [1.29, 1.82) is 0 Å². The summed E-state index contributed by atoms with van der Waals surface area (Å²) >= 11 is 1.71. The van der Waals surface area contributed by atoms with Gasteiger partial charge in [-0.3, -0.25) is 4.79 Å². The van der Waals surface area contributed by atoms with Crippen LogP contribution in [0.1, 0.15) is 51.4 Å². The van der Waals surface area contributed by atoms with Crippen LogP contribution in [-0.2, 0) is 12.8 Å². The first-order chi connectivity index (χ1) is 12.6. The minimum atomic E-state index is 0.154. The molecular formula is C21H21N3OS. The van der Waals surface area contributed by atoms with Crippen molar-refractivity contribution in [2.24, 2.45) is 0 Å². The van der Waals surface area contributed by atoms with Gasteiger partial charge in [0, 0.05) is 22.9 Å². The van der Waals surface area contributed by atoms with E-state index < -0.39 is 0 Å². The van der Waals surface area contributed by atoms with Gasteiger partial charge in [-0.1, -0.05) is 25.1 Å². The Balaban J connectivity index is 1.63. The zero-order chi connectivity index (χ0) is 18.1. The molecule has 1 unspecified atom stereocenters. The van der Waals surface area contributed by atoms with E-state index >= 15 is 0 Å². The molecule has 1 atom stereocenters. The predicted octanol–water partition coefficient (Wildman–Crippen LogP) is 5.07. The second-order valence-corrected chi connectivity index (χ2v) is 7.65. The number of anilines is 2. The van der Waals surface area contributed by atoms with Gasteiger partial charge in [0.1, 0.15) is 0 Å². The van der Waals surface area contributed by atoms with Crippen molar-refractivity contribution in [3.8, 4) is 0 Å². The third-order valence-corrected chi connectivity index (χ3v) is 5.91. The number of ketones is 1. The third-order valence-electron chi connectivity index (χ3n) is 4.88. The number of Topliss-reactive ketones (excluding diaryl/α,β-unsaturated/α-hetero) is 1. The third kappa shape index (κ3) is 3.27. The summed E-state index contributed by atoms with van der Waals surface area (Å²) < 4.78 is 0. The molecule has 0 spiro atoms. The Morgan fingerprint density at radius 2 is 1.96 bits per heavy atom. The highest BCUT2D eigenvalue weighted by atomic mass is 32.1. The van der Waals surface area contributed by atoms with Crippen LogP contribution in [0.3, 0.4) is 0 Å². The zero-order valence-electron chi connectivity index (χ0n) is 15.0. The first kappa shape index (κ1) is 16.9. The fraction of sp³-hybridized carbons (Fsp3) is 0.286. The van der Waals surface area contributed by atoms with Gasteiger partial charge in [-0.25, -0.2) is 9.97 Å². The molecule has 0 saturated heterocycles. The number of nitrogens with zero attached hydrogens (tertiary/aromatic N) is 2. The van der Waals surface area contributed by atoms with Gasteiger partial charge in [0.2, 0.25) is 5.95 Å². The average molecular weight is 363 g/mol. The van der Waals surface area contributed by atoms with Crippen LogP contribution in [0.2, 0.25) is 0 Å². The van der Waals surface area contributed by atoms with Gasteiger partial charge in [0.05, 0.1) is 17.0 Å². The summed E-state index contributed by atoms with van der Waals surface area (Å²) in [6.45, 7) is 4.04. The molecule has 0 saturated carbocycles. The summed E-state index contributed by atoms with van der Waals surface area (Å²) in [5.41, 5.74) is 4.59. The van der Waals surface area contributed by atoms with Crippen molar-refractivity contribution in [3.05, 3.63) is 69.2 Å². The number of aromatic nitrogens is 2. The first-order valence-electron chi connectivity index (χ1n) is 8.94. The van der Waals surface area contributed by atoms with Crippen LogP contribution in [0.5, 0.6) is 0 Å². The molecule has 2 heterocycles. The molecule has 0 radical (unpaired) electrons. The standard InChI is InChI=1S/C21H21N3OS/c1-3-14-6-8-16(9-7-14)23-21-22-13(2)20-17(24-21)11-15(12-18(20)25)19-5-4-10-26-19/h4-10,15H,3,11-12H2,1-2H3,(H,22,23,24). The van der Waals surface area contributed by atoms with Crippen LogP contribution in [0.15, 0.2) is 41.8 Å². The molecule has 132 valence electrons. The Morgan fingerprint density at radius 1 is 1.15 bits per heavy atom. The number of carbonyl (C=O) groups is 1. The van der Waals surface area contributed by atoms with E-state index in [2.05, 4.69) is 45.8 Å². The smallest absolute Gasteiger partial charge is 0.227 e. The van der Waals surface area contributed by atoms with E-state index in [-0.39, 0.29) is 11.7 Å². The summed E-state index contributed by atoms with van der Waals surface area (Å²) in [5.74, 6) is 0.937. The van der Waals surface area contributed by atoms with E-state index in [0.29, 0.717) is 17.9 Å². The maximum absolute atomic E-state index is 12.7. The maximum atomic E-state index is 12.7. The molecule has 1 aromatic carbocycles. The number of nitrogens with one attached hydrogen (secondary N) is 1. The fourth-order valence-electron chi connectivity index (χ4n) is 3.51. The van der Waals surface area contributed by atoms with Crippen LogP contribution < -0.4 is 5.32 Å². The van der Waals surface area contributed by atoms with Crippen LogP contribution >= 0.6 is 11.3 Å². The zero-order valence-corrected chi connectivity index (χ0v) is 15.8. The number of rotatable bonds is 4. The van der Waals surface area contributed by atoms with Crippen molar-refractivity contribution < 1.29 is 4.79 Å². The quantitative estimate of drug-likeness (QED) is 0.703. The minimum absolute atomic E-state index is 0.154. The van der Waals surface area contributed by atoms with Gasteiger partial charge in [0.15, 0.2) is 5.78 Å². The second kappa shape index (κ2) is 7.00. The van der Waals surface area contributed by atoms with E-state index in [4.69, 9.17) is 0 Å². The molecule has 0 aliphatic heterocycles. The highest BCUT2D eigenvalue weighted by Crippen LogP contribution is 2.35. The Morgan fingerprint density at radius 3 is 2.65 bits per heavy atom. The normalized spacial score (nSPS) is 16.4. The number of hydrogen-bond acceptors (Lipinski definition) is 5. The molecule has 3 aromatic rings. The topological polar surface area (TPSA) is 54.9 Å². The summed E-state index contributed by atoms with van der Waals surface area (Å²) in [6.07, 6.45) is 2.35. The van der Waals surface area contributed by atoms with E-state index in [1.54, 1.807) is 11.3 Å². The minimum Gasteiger partial charge on any atom is -0.324 e. The Hall–Kier alpha value is -2.53. The van der Waals surface area contributed by atoms with Crippen LogP contribution in [-0.4, -0.2) is 15.8 Å². The summed E-state index contributed by atoms with van der Waals surface area (Å²) in [6, 6.07) is 12.4. The number of aryl methyl sites for hydroxylation is 2. The average Bonchev–Trinajstić information content (AvgIpc) is 3.16. The number of hydrogen-bond donors (Lipinski definition) is 1. The molecular weight excluding hydrogens is 342 g/mol. The van der Waals surface area contributed by atoms with Crippen LogP contribution in [0, 0.1) is 6.92 Å². The summed E-state index contributed by atoms with van der Waals surface area (Å²) in [4.78, 5) is 23.1. The molecule has 4 rings (SSSR count). The SMILES string of the molecule is CCc1ccc(Nc2nc(C)c3c(n2)CC(c2cccs2)CC3=O)cc1. The number of carbonyl (C=O) groups excluding carboxylic acids is 1. The lowest BCUT2D eigenvalue weighted by atomic mass is 9.84. The van der Waals surface area contributed by atoms with Crippen molar-refractivity contribution in [3.63, 3.8) is 0 Å². The monoisotopic (exact) mass is 363 g/mol. The molecule has 0 bridgehead atoms. The largest absolute Gasteiger partial charge is 0.324 e. The lowest BCUT2D eigenvalue weighted by molar-refractivity contribution is 0.0962. The summed E-state index contributed by atoms with van der Waals surface area (Å²) in [7, 11) is 0. The molecule has 0 amide bonds. The lowest BCUT2D eigenvalue weighted by Gasteiger charge is -2.23. The number of benzene rings is 1. The highest BCUT2D eigenvalue weighted by Gasteiger charge is 2.30. The van der Waals surface area contributed by atoms with Crippen molar-refractivity contribution in [1.82, 2.24) is 9.97 Å². The molecule has 26 heavy (non-hydrogen) atoms. The molecule has 1 aliphatic rings. The van der Waals surface area contributed by atoms with Crippen LogP contribution in [0.4, 0.5) is 11.6 Å². The van der Waals surface area contributed by atoms with Gasteiger partial charge in [-0.05, 0) is 48.9 Å². The van der Waals surface area contributed by atoms with E-state index in [0.717, 1.165) is 29.9 Å². The summed E-state index contributed by atoms with van der Waals surface area (Å²) in [5, 5.41) is 5.34. The van der Waals surface area contributed by atoms with Crippen molar-refractivity contribution in [2.45, 2.75) is 39.0 Å². The van der Waals surface area contributed by atoms with Crippen LogP contribution in [0.25, 0.3) is 0 Å². The van der Waals surface area contributed by atoms with E-state index in [1.165, 1.54) is 10.4 Å². The molecule has 4 nitrogen and oxygen atoms in total. The number of thiophene rings is 1. The van der Waals surface area contributed by atoms with Crippen molar-refractivity contribution in [2.75, 3.05) is 5.32 Å². The highest BCUT2D eigenvalue weighted by molar-refractivity contribution is 7.10. The molecule has 5 heteroatoms. The first-order valence-corrected chi connectivity index (χ1v) is 9.82. The Bertz CT molecular complexity index is 933. The predicted molar refractivity (Wildman–Crippen MR) is 106 cm³/mol. The van der Waals surface area contributed by atoms with E-state index in [1.807, 2.05) is 25.1 Å². The molecule has 0 fully saturated rings.